The van der Waals surface area contributed by atoms with Crippen LogP contribution in [0.2, 0.25) is 0 Å². The Bertz CT molecular complexity index is 915. The van der Waals surface area contributed by atoms with E-state index in [9.17, 15) is 4.79 Å². The second-order valence-electron chi connectivity index (χ2n) is 7.52. The van der Waals surface area contributed by atoms with Crippen LogP contribution in [0.3, 0.4) is 0 Å². The monoisotopic (exact) mass is 366 g/mol. The van der Waals surface area contributed by atoms with Crippen LogP contribution in [0.5, 0.6) is 0 Å². The fourth-order valence-electron chi connectivity index (χ4n) is 3.57. The van der Waals surface area contributed by atoms with Crippen LogP contribution in [0.25, 0.3) is 11.0 Å². The average molecular weight is 366 g/mol. The van der Waals surface area contributed by atoms with E-state index in [1.54, 1.807) is 0 Å². The molecule has 1 aromatic carbocycles. The Morgan fingerprint density at radius 2 is 1.93 bits per heavy atom. The fraction of sp³-hybridized carbons (Fsp3) is 0.429. The van der Waals surface area contributed by atoms with Crippen molar-refractivity contribution in [2.75, 3.05) is 26.2 Å². The second-order valence-corrected chi connectivity index (χ2v) is 7.52. The largest absolute Gasteiger partial charge is 0.460 e. The first kappa shape index (κ1) is 17.8. The summed E-state index contributed by atoms with van der Waals surface area (Å²) < 4.78 is 7.78. The molecule has 6 nitrogen and oxygen atoms in total. The van der Waals surface area contributed by atoms with Gasteiger partial charge in [0.15, 0.2) is 0 Å². The summed E-state index contributed by atoms with van der Waals surface area (Å²) >= 11 is 0. The number of aromatic nitrogens is 2. The summed E-state index contributed by atoms with van der Waals surface area (Å²) in [6.45, 7) is 9.97. The van der Waals surface area contributed by atoms with E-state index in [0.29, 0.717) is 0 Å². The summed E-state index contributed by atoms with van der Waals surface area (Å²) in [6, 6.07) is 10.4. The highest BCUT2D eigenvalue weighted by Gasteiger charge is 2.25. The smallest absolute Gasteiger partial charge is 0.257 e. The van der Waals surface area contributed by atoms with Gasteiger partial charge in [-0.3, -0.25) is 14.4 Å². The first-order valence-electron chi connectivity index (χ1n) is 9.56. The fourth-order valence-corrected chi connectivity index (χ4v) is 3.57. The molecule has 0 spiro atoms. The molecule has 142 valence electrons. The predicted molar refractivity (Wildman–Crippen MR) is 105 cm³/mol. The maximum atomic E-state index is 12.9. The SMILES string of the molecule is Cc1nn(C(C)C)cc1C(=O)N1CCN(Cc2cc3ccccc3o2)CC1. The maximum Gasteiger partial charge on any atom is 0.257 e. The van der Waals surface area contributed by atoms with Gasteiger partial charge in [0.05, 0.1) is 17.8 Å². The number of rotatable bonds is 4. The van der Waals surface area contributed by atoms with Crippen LogP contribution >= 0.6 is 0 Å². The van der Waals surface area contributed by atoms with E-state index < -0.39 is 0 Å². The number of piperazine rings is 1. The Morgan fingerprint density at radius 1 is 1.19 bits per heavy atom. The summed E-state index contributed by atoms with van der Waals surface area (Å²) in [6.07, 6.45) is 1.88. The molecule has 0 aliphatic carbocycles. The number of hydrogen-bond donors (Lipinski definition) is 0. The molecule has 0 saturated carbocycles. The Labute approximate surface area is 159 Å². The van der Waals surface area contributed by atoms with Crippen LogP contribution in [0.4, 0.5) is 0 Å². The summed E-state index contributed by atoms with van der Waals surface area (Å²) in [4.78, 5) is 17.1. The molecular weight excluding hydrogens is 340 g/mol. The normalized spacial score (nSPS) is 15.8. The molecular formula is C21H26N4O2. The van der Waals surface area contributed by atoms with E-state index in [2.05, 4.69) is 36.0 Å². The molecule has 1 aliphatic heterocycles. The van der Waals surface area contributed by atoms with Crippen molar-refractivity contribution in [3.63, 3.8) is 0 Å². The number of aryl methyl sites for hydroxylation is 1. The first-order valence-corrected chi connectivity index (χ1v) is 9.56. The van der Waals surface area contributed by atoms with Gasteiger partial charge in [-0.25, -0.2) is 0 Å². The Kier molecular flexibility index (Phi) is 4.74. The molecule has 3 heterocycles. The molecule has 27 heavy (non-hydrogen) atoms. The Hall–Kier alpha value is -2.60. The minimum absolute atomic E-state index is 0.0859. The number of hydrogen-bond acceptors (Lipinski definition) is 4. The second kappa shape index (κ2) is 7.19. The number of para-hydroxylation sites is 1. The Morgan fingerprint density at radius 3 is 2.59 bits per heavy atom. The van der Waals surface area contributed by atoms with Gasteiger partial charge >= 0.3 is 0 Å². The van der Waals surface area contributed by atoms with Crippen molar-refractivity contribution in [1.29, 1.82) is 0 Å². The van der Waals surface area contributed by atoms with Gasteiger partial charge in [0, 0.05) is 43.8 Å². The minimum Gasteiger partial charge on any atom is -0.460 e. The molecule has 0 radical (unpaired) electrons. The van der Waals surface area contributed by atoms with Crippen LogP contribution in [0, 0.1) is 6.92 Å². The standard InChI is InChI=1S/C21H26N4O2/c1-15(2)25-14-19(16(3)22-25)21(26)24-10-8-23(9-11-24)13-18-12-17-6-4-5-7-20(17)27-18/h4-7,12,14-15H,8-11,13H2,1-3H3. The first-order chi connectivity index (χ1) is 13.0. The number of amides is 1. The average Bonchev–Trinajstić information content (AvgIpc) is 3.24. The lowest BCUT2D eigenvalue weighted by Crippen LogP contribution is -2.48. The van der Waals surface area contributed by atoms with Gasteiger partial charge in [0.25, 0.3) is 5.91 Å². The minimum atomic E-state index is 0.0859. The maximum absolute atomic E-state index is 12.9. The molecule has 0 atom stereocenters. The Balaban J connectivity index is 1.37. The summed E-state index contributed by atoms with van der Waals surface area (Å²) in [5, 5.41) is 5.60. The van der Waals surface area contributed by atoms with E-state index in [4.69, 9.17) is 4.42 Å². The van der Waals surface area contributed by atoms with Crippen molar-refractivity contribution >= 4 is 16.9 Å². The molecule has 0 N–H and O–H groups in total. The van der Waals surface area contributed by atoms with Crippen molar-refractivity contribution in [3.05, 3.63) is 53.5 Å². The predicted octanol–water partition coefficient (Wildman–Crippen LogP) is 3.48. The molecule has 3 aromatic rings. The van der Waals surface area contributed by atoms with Crippen LogP contribution in [-0.4, -0.2) is 51.7 Å². The zero-order valence-electron chi connectivity index (χ0n) is 16.2. The topological polar surface area (TPSA) is 54.5 Å². The van der Waals surface area contributed by atoms with E-state index in [1.165, 1.54) is 0 Å². The quantitative estimate of drug-likeness (QED) is 0.709. The number of furan rings is 1. The lowest BCUT2D eigenvalue weighted by atomic mass is 10.2. The van der Waals surface area contributed by atoms with Crippen molar-refractivity contribution in [2.45, 2.75) is 33.4 Å². The lowest BCUT2D eigenvalue weighted by Gasteiger charge is -2.34. The van der Waals surface area contributed by atoms with E-state index in [-0.39, 0.29) is 11.9 Å². The van der Waals surface area contributed by atoms with Gasteiger partial charge < -0.3 is 9.32 Å². The van der Waals surface area contributed by atoms with Gasteiger partial charge in [-0.2, -0.15) is 5.10 Å². The highest BCUT2D eigenvalue weighted by atomic mass is 16.3. The van der Waals surface area contributed by atoms with Crippen LogP contribution in [0.15, 0.2) is 40.9 Å². The third-order valence-corrected chi connectivity index (χ3v) is 5.19. The number of carbonyl (C=O) groups excluding carboxylic acids is 1. The third kappa shape index (κ3) is 3.62. The molecule has 1 saturated heterocycles. The van der Waals surface area contributed by atoms with Gasteiger partial charge in [-0.15, -0.1) is 0 Å². The molecule has 0 bridgehead atoms. The van der Waals surface area contributed by atoms with Crippen LogP contribution < -0.4 is 0 Å². The number of carbonyl (C=O) groups is 1. The van der Waals surface area contributed by atoms with Crippen LogP contribution in [-0.2, 0) is 6.54 Å². The van der Waals surface area contributed by atoms with Gasteiger partial charge in [-0.1, -0.05) is 18.2 Å². The van der Waals surface area contributed by atoms with Crippen molar-refractivity contribution in [3.8, 4) is 0 Å². The number of fused-ring (bicyclic) bond motifs is 1. The summed E-state index contributed by atoms with van der Waals surface area (Å²) in [5.41, 5.74) is 2.45. The molecule has 0 unspecified atom stereocenters. The van der Waals surface area contributed by atoms with E-state index in [0.717, 1.165) is 60.7 Å². The van der Waals surface area contributed by atoms with Crippen molar-refractivity contribution in [2.24, 2.45) is 0 Å². The van der Waals surface area contributed by atoms with Crippen LogP contribution in [0.1, 0.15) is 41.7 Å². The highest BCUT2D eigenvalue weighted by Crippen LogP contribution is 2.21. The van der Waals surface area contributed by atoms with E-state index in [1.807, 2.05) is 40.9 Å². The van der Waals surface area contributed by atoms with E-state index >= 15 is 0 Å². The van der Waals surface area contributed by atoms with Crippen molar-refractivity contribution in [1.82, 2.24) is 19.6 Å². The van der Waals surface area contributed by atoms with Gasteiger partial charge in [0.1, 0.15) is 11.3 Å². The number of benzene rings is 1. The zero-order valence-corrected chi connectivity index (χ0v) is 16.2. The molecule has 1 aliphatic rings. The lowest BCUT2D eigenvalue weighted by molar-refractivity contribution is 0.0620. The summed E-state index contributed by atoms with van der Waals surface area (Å²) in [5.74, 6) is 1.06. The van der Waals surface area contributed by atoms with Crippen molar-refractivity contribution < 1.29 is 9.21 Å². The molecule has 1 fully saturated rings. The summed E-state index contributed by atoms with van der Waals surface area (Å²) in [7, 11) is 0. The molecule has 1 amide bonds. The van der Waals surface area contributed by atoms with Gasteiger partial charge in [0.2, 0.25) is 0 Å². The zero-order chi connectivity index (χ0) is 19.0. The molecule has 6 heteroatoms. The highest BCUT2D eigenvalue weighted by molar-refractivity contribution is 5.95. The van der Waals surface area contributed by atoms with Gasteiger partial charge in [-0.05, 0) is 32.9 Å². The number of nitrogens with zero attached hydrogens (tertiary/aromatic N) is 4. The third-order valence-electron chi connectivity index (χ3n) is 5.19. The molecule has 4 rings (SSSR count). The molecule has 2 aromatic heterocycles.